The van der Waals surface area contributed by atoms with Crippen LogP contribution in [0.15, 0.2) is 42.5 Å². The molecule has 0 bridgehead atoms. The molecule has 116 valence electrons. The first-order valence-corrected chi connectivity index (χ1v) is 7.18. The summed E-state index contributed by atoms with van der Waals surface area (Å²) < 4.78 is 10.6. The van der Waals surface area contributed by atoms with Crippen molar-refractivity contribution in [2.45, 2.75) is 20.4 Å². The SMILES string of the molecule is COc1ccc(CNC(=O)COc2ccc(C)cc2C)cc1. The number of aryl methyl sites for hydroxylation is 2. The molecule has 1 N–H and O–H groups in total. The molecule has 1 amide bonds. The highest BCUT2D eigenvalue weighted by molar-refractivity contribution is 5.77. The first kappa shape index (κ1) is 15.9. The largest absolute Gasteiger partial charge is 0.497 e. The number of carbonyl (C=O) groups excluding carboxylic acids is 1. The molecular weight excluding hydrogens is 278 g/mol. The van der Waals surface area contributed by atoms with E-state index in [4.69, 9.17) is 9.47 Å². The zero-order chi connectivity index (χ0) is 15.9. The number of ether oxygens (including phenoxy) is 2. The molecule has 0 aliphatic rings. The van der Waals surface area contributed by atoms with E-state index >= 15 is 0 Å². The highest BCUT2D eigenvalue weighted by Crippen LogP contribution is 2.18. The number of carbonyl (C=O) groups is 1. The maximum Gasteiger partial charge on any atom is 0.258 e. The lowest BCUT2D eigenvalue weighted by Gasteiger charge is -2.10. The monoisotopic (exact) mass is 299 g/mol. The molecule has 0 fully saturated rings. The molecule has 0 saturated carbocycles. The van der Waals surface area contributed by atoms with Crippen LogP contribution >= 0.6 is 0 Å². The Balaban J connectivity index is 1.80. The maximum absolute atomic E-state index is 11.8. The lowest BCUT2D eigenvalue weighted by atomic mass is 10.1. The van der Waals surface area contributed by atoms with E-state index in [1.807, 2.05) is 56.3 Å². The van der Waals surface area contributed by atoms with Crippen molar-refractivity contribution in [3.05, 3.63) is 59.2 Å². The molecule has 0 atom stereocenters. The van der Waals surface area contributed by atoms with Gasteiger partial charge in [0.05, 0.1) is 7.11 Å². The van der Waals surface area contributed by atoms with Gasteiger partial charge in [0.1, 0.15) is 11.5 Å². The second kappa shape index (κ2) is 7.50. The quantitative estimate of drug-likeness (QED) is 0.892. The number of rotatable bonds is 6. The van der Waals surface area contributed by atoms with Gasteiger partial charge in [0.2, 0.25) is 0 Å². The van der Waals surface area contributed by atoms with Crippen molar-refractivity contribution >= 4 is 5.91 Å². The topological polar surface area (TPSA) is 47.6 Å². The van der Waals surface area contributed by atoms with E-state index in [0.29, 0.717) is 6.54 Å². The highest BCUT2D eigenvalue weighted by atomic mass is 16.5. The van der Waals surface area contributed by atoms with Crippen molar-refractivity contribution in [3.63, 3.8) is 0 Å². The number of hydrogen-bond donors (Lipinski definition) is 1. The van der Waals surface area contributed by atoms with Crippen LogP contribution in [0, 0.1) is 13.8 Å². The molecule has 22 heavy (non-hydrogen) atoms. The normalized spacial score (nSPS) is 10.1. The Labute approximate surface area is 131 Å². The average Bonchev–Trinajstić information content (AvgIpc) is 2.52. The van der Waals surface area contributed by atoms with Gasteiger partial charge in [-0.1, -0.05) is 29.8 Å². The minimum absolute atomic E-state index is 0.0139. The summed E-state index contributed by atoms with van der Waals surface area (Å²) in [7, 11) is 1.63. The lowest BCUT2D eigenvalue weighted by Crippen LogP contribution is -2.28. The number of amides is 1. The smallest absolute Gasteiger partial charge is 0.258 e. The third-order valence-corrected chi connectivity index (χ3v) is 3.34. The molecule has 2 aromatic carbocycles. The molecule has 0 spiro atoms. The van der Waals surface area contributed by atoms with Gasteiger partial charge < -0.3 is 14.8 Å². The molecule has 0 heterocycles. The Bertz CT molecular complexity index is 635. The van der Waals surface area contributed by atoms with Gasteiger partial charge in [-0.2, -0.15) is 0 Å². The Morgan fingerprint density at radius 1 is 1.09 bits per heavy atom. The molecule has 0 aromatic heterocycles. The maximum atomic E-state index is 11.8. The predicted molar refractivity (Wildman–Crippen MR) is 86.3 cm³/mol. The fourth-order valence-corrected chi connectivity index (χ4v) is 2.10. The molecule has 0 unspecified atom stereocenters. The summed E-state index contributed by atoms with van der Waals surface area (Å²) in [5.74, 6) is 1.40. The minimum atomic E-state index is -0.143. The van der Waals surface area contributed by atoms with E-state index in [1.54, 1.807) is 7.11 Å². The molecule has 2 rings (SSSR count). The van der Waals surface area contributed by atoms with Gasteiger partial charge in [0.15, 0.2) is 6.61 Å². The Morgan fingerprint density at radius 3 is 2.45 bits per heavy atom. The number of nitrogens with one attached hydrogen (secondary N) is 1. The Morgan fingerprint density at radius 2 is 1.82 bits per heavy atom. The average molecular weight is 299 g/mol. The van der Waals surface area contributed by atoms with Gasteiger partial charge in [-0.25, -0.2) is 0 Å². The van der Waals surface area contributed by atoms with Crippen LogP contribution in [0.25, 0.3) is 0 Å². The van der Waals surface area contributed by atoms with Crippen molar-refractivity contribution in [1.82, 2.24) is 5.32 Å². The number of methoxy groups -OCH3 is 1. The van der Waals surface area contributed by atoms with E-state index in [2.05, 4.69) is 5.32 Å². The third kappa shape index (κ3) is 4.52. The summed E-state index contributed by atoms with van der Waals surface area (Å²) in [6.07, 6.45) is 0. The van der Waals surface area contributed by atoms with Crippen LogP contribution in [-0.2, 0) is 11.3 Å². The van der Waals surface area contributed by atoms with Crippen molar-refractivity contribution in [1.29, 1.82) is 0 Å². The van der Waals surface area contributed by atoms with Crippen LogP contribution in [0.4, 0.5) is 0 Å². The fraction of sp³-hybridized carbons (Fsp3) is 0.278. The van der Waals surface area contributed by atoms with Gasteiger partial charge in [-0.15, -0.1) is 0 Å². The summed E-state index contributed by atoms with van der Waals surface area (Å²) in [5, 5.41) is 2.83. The summed E-state index contributed by atoms with van der Waals surface area (Å²) in [6.45, 7) is 4.48. The van der Waals surface area contributed by atoms with E-state index in [-0.39, 0.29) is 12.5 Å². The minimum Gasteiger partial charge on any atom is -0.497 e. The van der Waals surface area contributed by atoms with Gasteiger partial charge >= 0.3 is 0 Å². The summed E-state index contributed by atoms with van der Waals surface area (Å²) in [5.41, 5.74) is 3.22. The molecule has 2 aromatic rings. The van der Waals surface area contributed by atoms with Crippen LogP contribution in [0.5, 0.6) is 11.5 Å². The Hall–Kier alpha value is -2.49. The summed E-state index contributed by atoms with van der Waals surface area (Å²) in [6, 6.07) is 13.5. The zero-order valence-electron chi connectivity index (χ0n) is 13.2. The predicted octanol–water partition coefficient (Wildman–Crippen LogP) is 3.01. The molecule has 4 nitrogen and oxygen atoms in total. The van der Waals surface area contributed by atoms with Crippen LogP contribution in [0.1, 0.15) is 16.7 Å². The lowest BCUT2D eigenvalue weighted by molar-refractivity contribution is -0.123. The van der Waals surface area contributed by atoms with E-state index in [1.165, 1.54) is 5.56 Å². The van der Waals surface area contributed by atoms with E-state index < -0.39 is 0 Å². The third-order valence-electron chi connectivity index (χ3n) is 3.34. The highest BCUT2D eigenvalue weighted by Gasteiger charge is 2.05. The van der Waals surface area contributed by atoms with Crippen molar-refractivity contribution in [2.24, 2.45) is 0 Å². The first-order chi connectivity index (χ1) is 10.6. The van der Waals surface area contributed by atoms with Crippen molar-refractivity contribution < 1.29 is 14.3 Å². The van der Waals surface area contributed by atoms with Gasteiger partial charge in [0.25, 0.3) is 5.91 Å². The second-order valence-corrected chi connectivity index (χ2v) is 5.18. The fourth-order valence-electron chi connectivity index (χ4n) is 2.10. The van der Waals surface area contributed by atoms with Gasteiger partial charge in [0, 0.05) is 6.54 Å². The van der Waals surface area contributed by atoms with Gasteiger partial charge in [-0.05, 0) is 43.2 Å². The summed E-state index contributed by atoms with van der Waals surface area (Å²) in [4.78, 5) is 11.8. The Kier molecular flexibility index (Phi) is 5.42. The van der Waals surface area contributed by atoms with Crippen molar-refractivity contribution in [2.75, 3.05) is 13.7 Å². The molecule has 4 heteroatoms. The molecular formula is C18H21NO3. The number of hydrogen-bond acceptors (Lipinski definition) is 3. The standard InChI is InChI=1S/C18H21NO3/c1-13-4-9-17(14(2)10-13)22-12-18(20)19-11-15-5-7-16(21-3)8-6-15/h4-10H,11-12H2,1-3H3,(H,19,20). The van der Waals surface area contributed by atoms with Gasteiger partial charge in [-0.3, -0.25) is 4.79 Å². The molecule has 0 aliphatic heterocycles. The first-order valence-electron chi connectivity index (χ1n) is 7.18. The second-order valence-electron chi connectivity index (χ2n) is 5.18. The molecule has 0 saturated heterocycles. The number of benzene rings is 2. The van der Waals surface area contributed by atoms with E-state index in [9.17, 15) is 4.79 Å². The van der Waals surface area contributed by atoms with Crippen LogP contribution < -0.4 is 14.8 Å². The zero-order valence-corrected chi connectivity index (χ0v) is 13.2. The van der Waals surface area contributed by atoms with Crippen LogP contribution in [0.2, 0.25) is 0 Å². The van der Waals surface area contributed by atoms with E-state index in [0.717, 1.165) is 22.6 Å². The summed E-state index contributed by atoms with van der Waals surface area (Å²) >= 11 is 0. The van der Waals surface area contributed by atoms with Crippen molar-refractivity contribution in [3.8, 4) is 11.5 Å². The van der Waals surface area contributed by atoms with Crippen LogP contribution in [0.3, 0.4) is 0 Å². The molecule has 0 radical (unpaired) electrons. The molecule has 0 aliphatic carbocycles. The van der Waals surface area contributed by atoms with Crippen LogP contribution in [-0.4, -0.2) is 19.6 Å².